The lowest BCUT2D eigenvalue weighted by molar-refractivity contribution is 0.522. The highest BCUT2D eigenvalue weighted by Gasteiger charge is 2.62. The van der Waals surface area contributed by atoms with Crippen molar-refractivity contribution in [3.05, 3.63) is 264 Å². The molecule has 0 aromatic heterocycles. The van der Waals surface area contributed by atoms with Gasteiger partial charge in [-0.05, 0) is 138 Å². The Morgan fingerprint density at radius 1 is 0.703 bits per heavy atom. The Morgan fingerprint density at radius 3 is 2.09 bits per heavy atom. The van der Waals surface area contributed by atoms with Gasteiger partial charge in [0, 0.05) is 23.2 Å². The van der Waals surface area contributed by atoms with E-state index in [0.29, 0.717) is 11.8 Å². The topological polar surface area (TPSA) is 3.24 Å². The van der Waals surface area contributed by atoms with E-state index in [2.05, 4.69) is 191 Å². The van der Waals surface area contributed by atoms with Gasteiger partial charge in [-0.1, -0.05) is 196 Å². The molecule has 0 aliphatic heterocycles. The molecule has 3 unspecified atom stereocenters. The minimum Gasteiger partial charge on any atom is -0.338 e. The third kappa shape index (κ3) is 8.37. The molecule has 322 valence electrons. The maximum atomic E-state index is 4.93. The monoisotopic (exact) mass is 836 g/mol. The summed E-state index contributed by atoms with van der Waals surface area (Å²) in [7, 11) is 0. The first-order valence-electron chi connectivity index (χ1n) is 23.5. The standard InChI is InChI=1S/C63H65N/c1-9-13-25-44(5)45(6)35-36-47(8)64(53-37-39-55(59(42-53)46(7)26-14-10-2)50-28-23-27-49(41-50)48(12-4)24-11-3)54-38-40-56-57-33-21-22-34-58-61(57)62(58)63(60(56)43-54,51-29-17-15-18-30-51)52-31-19-16-20-32-52/h9-10,12,15-23,27-34,37-41,43,53,58,62H,1-2,5-8,11,13-14,24-26,35-36,42H2,3-4H3/b48-12+. The Kier molecular flexibility index (Phi) is 13.5. The van der Waals surface area contributed by atoms with E-state index in [4.69, 9.17) is 13.2 Å². The molecule has 0 bridgehead atoms. The normalized spacial score (nSPS) is 19.0. The molecule has 0 spiro atoms. The maximum absolute atomic E-state index is 4.93. The van der Waals surface area contributed by atoms with Gasteiger partial charge in [0.25, 0.3) is 0 Å². The molecule has 0 amide bonds. The van der Waals surface area contributed by atoms with Crippen LogP contribution in [-0.2, 0) is 5.41 Å². The third-order valence-electron chi connectivity index (χ3n) is 14.1. The van der Waals surface area contributed by atoms with Gasteiger partial charge < -0.3 is 4.90 Å². The molecule has 4 aromatic rings. The average Bonchev–Trinajstić information content (AvgIpc) is 4.10. The van der Waals surface area contributed by atoms with Crippen LogP contribution in [0.15, 0.2) is 231 Å². The van der Waals surface area contributed by atoms with Crippen molar-refractivity contribution in [3.63, 3.8) is 0 Å². The summed E-state index contributed by atoms with van der Waals surface area (Å²) in [6.45, 7) is 31.0. The van der Waals surface area contributed by atoms with Gasteiger partial charge >= 0.3 is 0 Å². The van der Waals surface area contributed by atoms with Crippen LogP contribution in [0.1, 0.15) is 105 Å². The van der Waals surface area contributed by atoms with E-state index in [1.165, 1.54) is 61.2 Å². The Balaban J connectivity index is 1.28. The molecule has 1 heteroatoms. The highest BCUT2D eigenvalue weighted by atomic mass is 15.2. The Labute approximate surface area is 384 Å². The lowest BCUT2D eigenvalue weighted by Gasteiger charge is -2.42. The zero-order valence-electron chi connectivity index (χ0n) is 38.3. The number of fused-ring (bicyclic) bond motifs is 3. The molecule has 1 saturated carbocycles. The van der Waals surface area contributed by atoms with Crippen LogP contribution in [0.4, 0.5) is 5.69 Å². The van der Waals surface area contributed by atoms with Gasteiger partial charge in [0.2, 0.25) is 0 Å². The minimum absolute atomic E-state index is 0.00351. The van der Waals surface area contributed by atoms with E-state index in [1.54, 1.807) is 5.57 Å². The molecule has 0 saturated heterocycles. The first-order valence-corrected chi connectivity index (χ1v) is 23.5. The smallest absolute Gasteiger partial charge is 0.0562 e. The van der Waals surface area contributed by atoms with Gasteiger partial charge in [0.05, 0.1) is 11.5 Å². The highest BCUT2D eigenvalue weighted by molar-refractivity contribution is 5.91. The van der Waals surface area contributed by atoms with Gasteiger partial charge in [-0.25, -0.2) is 0 Å². The van der Waals surface area contributed by atoms with E-state index in [1.807, 2.05) is 12.2 Å². The zero-order valence-corrected chi connectivity index (χ0v) is 38.3. The molecular weight excluding hydrogens is 771 g/mol. The first kappa shape index (κ1) is 44.2. The Morgan fingerprint density at radius 2 is 1.41 bits per heavy atom. The molecule has 64 heavy (non-hydrogen) atoms. The average molecular weight is 836 g/mol. The summed E-state index contributed by atoms with van der Waals surface area (Å²) >= 11 is 0. The van der Waals surface area contributed by atoms with E-state index in [9.17, 15) is 0 Å². The summed E-state index contributed by atoms with van der Waals surface area (Å²) in [5.41, 5.74) is 19.9. The van der Waals surface area contributed by atoms with Crippen molar-refractivity contribution >= 4 is 22.4 Å². The Bertz CT molecular complexity index is 2630. The van der Waals surface area contributed by atoms with E-state index >= 15 is 0 Å². The number of nitrogens with zero attached hydrogens (tertiary/aromatic N) is 1. The van der Waals surface area contributed by atoms with Gasteiger partial charge in [0.15, 0.2) is 0 Å². The van der Waals surface area contributed by atoms with Gasteiger partial charge in [0.1, 0.15) is 0 Å². The summed E-state index contributed by atoms with van der Waals surface area (Å²) in [6, 6.07) is 38.9. The van der Waals surface area contributed by atoms with Crippen LogP contribution < -0.4 is 4.90 Å². The molecule has 4 aliphatic rings. The van der Waals surface area contributed by atoms with Crippen LogP contribution in [0.2, 0.25) is 0 Å². The second kappa shape index (κ2) is 19.5. The summed E-state index contributed by atoms with van der Waals surface area (Å²) in [6.07, 6.45) is 28.3. The van der Waals surface area contributed by atoms with Crippen molar-refractivity contribution in [1.29, 1.82) is 0 Å². The van der Waals surface area contributed by atoms with Crippen molar-refractivity contribution in [2.45, 2.75) is 83.1 Å². The summed E-state index contributed by atoms with van der Waals surface area (Å²) in [5.74, 6) is 0.680. The lowest BCUT2D eigenvalue weighted by atomic mass is 9.61. The summed E-state index contributed by atoms with van der Waals surface area (Å²) < 4.78 is 0. The van der Waals surface area contributed by atoms with E-state index in [-0.39, 0.29) is 11.5 Å². The molecular formula is C63H65N. The number of rotatable bonds is 20. The highest BCUT2D eigenvalue weighted by Crippen LogP contribution is 2.69. The number of hydrogen-bond acceptors (Lipinski definition) is 1. The fraction of sp³-hybridized carbons (Fsp3) is 0.238. The van der Waals surface area contributed by atoms with Crippen molar-refractivity contribution in [3.8, 4) is 0 Å². The predicted molar refractivity (Wildman–Crippen MR) is 278 cm³/mol. The predicted octanol–water partition coefficient (Wildman–Crippen LogP) is 16.8. The van der Waals surface area contributed by atoms with Crippen molar-refractivity contribution in [2.75, 3.05) is 4.90 Å². The van der Waals surface area contributed by atoms with Crippen molar-refractivity contribution < 1.29 is 0 Å². The third-order valence-corrected chi connectivity index (χ3v) is 14.1. The molecule has 1 fully saturated rings. The number of hydrogen-bond donors (Lipinski definition) is 0. The first-order chi connectivity index (χ1) is 31.3. The number of benzene rings is 4. The second-order valence-electron chi connectivity index (χ2n) is 18.0. The molecule has 1 nitrogen and oxygen atoms in total. The van der Waals surface area contributed by atoms with Gasteiger partial charge in [-0.2, -0.15) is 0 Å². The summed E-state index contributed by atoms with van der Waals surface area (Å²) in [5, 5.41) is 0. The molecule has 4 aliphatic carbocycles. The van der Waals surface area contributed by atoms with Crippen molar-refractivity contribution in [1.82, 2.24) is 0 Å². The van der Waals surface area contributed by atoms with Crippen molar-refractivity contribution in [2.24, 2.45) is 11.8 Å². The molecule has 4 aromatic carbocycles. The molecule has 0 heterocycles. The Hall–Kier alpha value is -6.44. The van der Waals surface area contributed by atoms with Crippen LogP contribution >= 0.6 is 0 Å². The van der Waals surface area contributed by atoms with Gasteiger partial charge in [-0.15, -0.1) is 13.2 Å². The molecule has 3 atom stereocenters. The fourth-order valence-corrected chi connectivity index (χ4v) is 10.8. The second-order valence-corrected chi connectivity index (χ2v) is 18.0. The van der Waals surface area contributed by atoms with Gasteiger partial charge in [-0.3, -0.25) is 0 Å². The lowest BCUT2D eigenvalue weighted by Crippen LogP contribution is -2.37. The van der Waals surface area contributed by atoms with Crippen LogP contribution in [0.25, 0.3) is 16.7 Å². The number of allylic oxidation sites excluding steroid dienone is 16. The zero-order chi connectivity index (χ0) is 44.8. The minimum atomic E-state index is -0.384. The van der Waals surface area contributed by atoms with Crippen LogP contribution in [0.5, 0.6) is 0 Å². The van der Waals surface area contributed by atoms with Crippen LogP contribution in [0, 0.1) is 11.8 Å². The maximum Gasteiger partial charge on any atom is 0.0562 e. The summed E-state index contributed by atoms with van der Waals surface area (Å²) in [4.78, 5) is 2.54. The number of anilines is 1. The van der Waals surface area contributed by atoms with Crippen LogP contribution in [-0.4, -0.2) is 6.04 Å². The molecule has 8 rings (SSSR count). The van der Waals surface area contributed by atoms with E-state index < -0.39 is 0 Å². The SMILES string of the molecule is C=CCCC(=C)C(=C)CCC(=C)N(c1ccc2c(c1)C(c1ccccc1)(c1ccccc1)C1C3=C2C=CC=CC31)C1C=CC(c2cccc(/C(=C/C)CCC)c2)=C(C(=C)CCC=C)C1. The quantitative estimate of drug-likeness (QED) is 0.0633. The largest absolute Gasteiger partial charge is 0.338 e. The van der Waals surface area contributed by atoms with Crippen LogP contribution in [0.3, 0.4) is 0 Å². The fourth-order valence-electron chi connectivity index (χ4n) is 10.8. The molecule has 0 N–H and O–H groups in total. The van der Waals surface area contributed by atoms with E-state index in [0.717, 1.165) is 80.3 Å². The molecule has 0 radical (unpaired) electrons.